The molecule has 0 radical (unpaired) electrons. The van der Waals surface area contributed by atoms with E-state index in [-0.39, 0.29) is 0 Å². The van der Waals surface area contributed by atoms with Crippen molar-refractivity contribution >= 4 is 0 Å². The summed E-state index contributed by atoms with van der Waals surface area (Å²) in [5.41, 5.74) is 0. The standard InChI is InChI=1S/C11H24NO/c1-5-7-8-10-11(13-10)12(3,4)9-6-2/h10-11H,5-9H2,1-4H3/q+1. The van der Waals surface area contributed by atoms with Crippen LogP contribution in [0.25, 0.3) is 0 Å². The van der Waals surface area contributed by atoms with Crippen LogP contribution >= 0.6 is 0 Å². The summed E-state index contributed by atoms with van der Waals surface area (Å²) in [6.45, 7) is 5.71. The minimum absolute atomic E-state index is 0.492. The zero-order chi connectivity index (χ0) is 9.90. The van der Waals surface area contributed by atoms with Gasteiger partial charge in [0.15, 0.2) is 0 Å². The lowest BCUT2D eigenvalue weighted by Crippen LogP contribution is -2.44. The molecular weight excluding hydrogens is 162 g/mol. The molecule has 13 heavy (non-hydrogen) atoms. The summed E-state index contributed by atoms with van der Waals surface area (Å²) in [5, 5.41) is 0. The van der Waals surface area contributed by atoms with Crippen molar-refractivity contribution in [3.05, 3.63) is 0 Å². The maximum absolute atomic E-state index is 5.71. The highest BCUT2D eigenvalue weighted by molar-refractivity contribution is 4.76. The molecule has 78 valence electrons. The summed E-state index contributed by atoms with van der Waals surface area (Å²) < 4.78 is 6.76. The molecule has 0 bridgehead atoms. The molecule has 1 aliphatic rings. The van der Waals surface area contributed by atoms with Crippen molar-refractivity contribution in [1.82, 2.24) is 0 Å². The fourth-order valence-electron chi connectivity index (χ4n) is 2.07. The lowest BCUT2D eigenvalue weighted by Gasteiger charge is -2.27. The van der Waals surface area contributed by atoms with E-state index in [0.29, 0.717) is 12.3 Å². The quantitative estimate of drug-likeness (QED) is 0.458. The van der Waals surface area contributed by atoms with E-state index in [1.165, 1.54) is 32.2 Å². The molecule has 1 rings (SSSR count). The van der Waals surface area contributed by atoms with Gasteiger partial charge in [0.2, 0.25) is 6.23 Å². The molecule has 1 heterocycles. The Morgan fingerprint density at radius 1 is 1.15 bits per heavy atom. The summed E-state index contributed by atoms with van der Waals surface area (Å²) in [6, 6.07) is 0. The van der Waals surface area contributed by atoms with Crippen LogP contribution in [-0.4, -0.2) is 37.5 Å². The Bertz CT molecular complexity index is 156. The van der Waals surface area contributed by atoms with E-state index in [2.05, 4.69) is 27.9 Å². The smallest absolute Gasteiger partial charge is 0.220 e. The lowest BCUT2D eigenvalue weighted by molar-refractivity contribution is -0.911. The van der Waals surface area contributed by atoms with Gasteiger partial charge in [-0.25, -0.2) is 0 Å². The van der Waals surface area contributed by atoms with Crippen LogP contribution in [0, 0.1) is 0 Å². The maximum Gasteiger partial charge on any atom is 0.220 e. The average Bonchev–Trinajstić information content (AvgIpc) is 2.80. The summed E-state index contributed by atoms with van der Waals surface area (Å²) in [5.74, 6) is 0. The highest BCUT2D eigenvalue weighted by Crippen LogP contribution is 2.33. The third-order valence-electron chi connectivity index (χ3n) is 2.89. The summed E-state index contributed by atoms with van der Waals surface area (Å²) >= 11 is 0. The maximum atomic E-state index is 5.71. The van der Waals surface area contributed by atoms with E-state index < -0.39 is 0 Å². The largest absolute Gasteiger partial charge is 0.314 e. The van der Waals surface area contributed by atoms with E-state index in [9.17, 15) is 0 Å². The first-order valence-corrected chi connectivity index (χ1v) is 5.60. The molecule has 0 aliphatic carbocycles. The molecule has 2 heteroatoms. The molecule has 1 aliphatic heterocycles. The molecule has 0 spiro atoms. The second kappa shape index (κ2) is 4.43. The van der Waals surface area contributed by atoms with E-state index in [4.69, 9.17) is 4.74 Å². The number of ether oxygens (including phenoxy) is 1. The van der Waals surface area contributed by atoms with Crippen LogP contribution < -0.4 is 0 Å². The highest BCUT2D eigenvalue weighted by Gasteiger charge is 2.50. The number of epoxide rings is 1. The summed E-state index contributed by atoms with van der Waals surface area (Å²) in [4.78, 5) is 0. The van der Waals surface area contributed by atoms with Gasteiger partial charge in [-0.2, -0.15) is 0 Å². The van der Waals surface area contributed by atoms with Gasteiger partial charge < -0.3 is 9.22 Å². The number of nitrogens with zero attached hydrogens (tertiary/aromatic N) is 1. The van der Waals surface area contributed by atoms with Gasteiger partial charge in [-0.3, -0.25) is 0 Å². The van der Waals surface area contributed by atoms with Crippen molar-refractivity contribution in [3.63, 3.8) is 0 Å². The van der Waals surface area contributed by atoms with Crippen molar-refractivity contribution in [2.45, 2.75) is 51.9 Å². The minimum Gasteiger partial charge on any atom is -0.314 e. The predicted octanol–water partition coefficient (Wildman–Crippen LogP) is 2.39. The zero-order valence-corrected chi connectivity index (χ0v) is 9.55. The fraction of sp³-hybridized carbons (Fsp3) is 1.00. The molecule has 0 N–H and O–H groups in total. The number of hydrogen-bond donors (Lipinski definition) is 0. The van der Waals surface area contributed by atoms with Gasteiger partial charge in [0.05, 0.1) is 20.6 Å². The van der Waals surface area contributed by atoms with Crippen LogP contribution in [0.1, 0.15) is 39.5 Å². The number of rotatable bonds is 6. The van der Waals surface area contributed by atoms with Gasteiger partial charge in [0.1, 0.15) is 6.10 Å². The predicted molar refractivity (Wildman–Crippen MR) is 55.5 cm³/mol. The number of likely N-dealkylation sites (N-methyl/N-ethyl adjacent to an activating group) is 1. The molecule has 2 unspecified atom stereocenters. The van der Waals surface area contributed by atoms with E-state index in [1.807, 2.05) is 0 Å². The summed E-state index contributed by atoms with van der Waals surface area (Å²) in [6.07, 6.45) is 6.15. The normalized spacial score (nSPS) is 27.7. The molecule has 0 aromatic carbocycles. The molecular formula is C11H24NO+. The second-order valence-electron chi connectivity index (χ2n) is 4.71. The van der Waals surface area contributed by atoms with Crippen molar-refractivity contribution in [2.75, 3.05) is 20.6 Å². The van der Waals surface area contributed by atoms with E-state index >= 15 is 0 Å². The van der Waals surface area contributed by atoms with Gasteiger partial charge in [-0.15, -0.1) is 0 Å². The first-order valence-electron chi connectivity index (χ1n) is 5.60. The summed E-state index contributed by atoms with van der Waals surface area (Å²) in [7, 11) is 4.56. The Balaban J connectivity index is 2.24. The SMILES string of the molecule is CCCCC1OC1[N+](C)(C)CCC. The number of quaternary nitrogens is 1. The van der Waals surface area contributed by atoms with E-state index in [1.54, 1.807) is 0 Å². The van der Waals surface area contributed by atoms with Crippen molar-refractivity contribution in [3.8, 4) is 0 Å². The van der Waals surface area contributed by atoms with Crippen molar-refractivity contribution in [2.24, 2.45) is 0 Å². The average molecular weight is 186 g/mol. The van der Waals surface area contributed by atoms with Gasteiger partial charge in [0, 0.05) is 0 Å². The van der Waals surface area contributed by atoms with Crippen molar-refractivity contribution in [1.29, 1.82) is 0 Å². The van der Waals surface area contributed by atoms with Gasteiger partial charge >= 0.3 is 0 Å². The van der Waals surface area contributed by atoms with Gasteiger partial charge in [0.25, 0.3) is 0 Å². The monoisotopic (exact) mass is 186 g/mol. The molecule has 0 aromatic heterocycles. The topological polar surface area (TPSA) is 12.5 Å². The molecule has 0 aromatic rings. The molecule has 2 atom stereocenters. The molecule has 0 amide bonds. The highest BCUT2D eigenvalue weighted by atomic mass is 16.6. The Labute approximate surface area is 82.5 Å². The Hall–Kier alpha value is -0.0800. The van der Waals surface area contributed by atoms with Crippen molar-refractivity contribution < 1.29 is 9.22 Å². The first-order chi connectivity index (χ1) is 6.11. The van der Waals surface area contributed by atoms with Crippen LogP contribution in [0.4, 0.5) is 0 Å². The second-order valence-corrected chi connectivity index (χ2v) is 4.71. The zero-order valence-electron chi connectivity index (χ0n) is 9.55. The third-order valence-corrected chi connectivity index (χ3v) is 2.89. The molecule has 2 nitrogen and oxygen atoms in total. The Morgan fingerprint density at radius 2 is 1.85 bits per heavy atom. The molecule has 1 saturated heterocycles. The molecule has 0 saturated carbocycles. The van der Waals surface area contributed by atoms with Crippen LogP contribution in [-0.2, 0) is 4.74 Å². The number of unbranched alkanes of at least 4 members (excludes halogenated alkanes) is 1. The first kappa shape index (κ1) is 11.0. The van der Waals surface area contributed by atoms with Crippen LogP contribution in [0.5, 0.6) is 0 Å². The Morgan fingerprint density at radius 3 is 2.38 bits per heavy atom. The molecule has 1 fully saturated rings. The van der Waals surface area contributed by atoms with Gasteiger partial charge in [-0.1, -0.05) is 26.7 Å². The van der Waals surface area contributed by atoms with Crippen LogP contribution in [0.2, 0.25) is 0 Å². The Kier molecular flexibility index (Phi) is 3.74. The lowest BCUT2D eigenvalue weighted by atomic mass is 10.2. The van der Waals surface area contributed by atoms with Crippen LogP contribution in [0.15, 0.2) is 0 Å². The van der Waals surface area contributed by atoms with Gasteiger partial charge in [-0.05, 0) is 12.8 Å². The van der Waals surface area contributed by atoms with E-state index in [0.717, 1.165) is 4.48 Å². The third kappa shape index (κ3) is 2.96. The number of hydrogen-bond acceptors (Lipinski definition) is 1. The van der Waals surface area contributed by atoms with Crippen LogP contribution in [0.3, 0.4) is 0 Å². The minimum atomic E-state index is 0.492. The fourth-order valence-corrected chi connectivity index (χ4v) is 2.07.